The molecule has 0 bridgehead atoms. The minimum Gasteiger partial charge on any atom is -0.389 e. The summed E-state index contributed by atoms with van der Waals surface area (Å²) in [5, 5.41) is 24.1. The molecule has 3 aliphatic rings. The molecule has 1 fully saturated rings. The van der Waals surface area contributed by atoms with E-state index in [9.17, 15) is 5.26 Å². The quantitative estimate of drug-likeness (QED) is 0.377. The van der Waals surface area contributed by atoms with Crippen LogP contribution < -0.4 is 11.1 Å². The Morgan fingerprint density at radius 3 is 2.82 bits per heavy atom. The molecule has 10 nitrogen and oxygen atoms in total. The normalized spacial score (nSPS) is 23.6. The van der Waals surface area contributed by atoms with Crippen LogP contribution in [0.4, 0.5) is 10.8 Å². The topological polar surface area (TPSA) is 135 Å². The fraction of sp³-hybridized carbons (Fsp3) is 0.536. The number of likely N-dealkylation sites (N-methyl/N-ethyl adjacent to an activating group) is 1. The standard InChI is InChI=1S/C28H33N9OS/c1-15(19-8-6-12-36(19)3)37-27-18(14-32-37)25(31-2)33-26(34-27)22-16-7-4-10-28(23(16)38-35-22)11-5-9-20-21(28)17(13-29)24(30)39-20/h14-15,19H,4-12,30H2,1-3H3,(H,31,33,34)/t15-,19-,28-/m0/s1. The van der Waals surface area contributed by atoms with Crippen molar-refractivity contribution >= 4 is 33.2 Å². The number of nitrogens with zero attached hydrogens (tertiary/aromatic N) is 7. The Labute approximate surface area is 231 Å². The first-order valence-corrected chi connectivity index (χ1v) is 14.7. The molecule has 0 aromatic carbocycles. The van der Waals surface area contributed by atoms with E-state index in [4.69, 9.17) is 25.3 Å². The van der Waals surface area contributed by atoms with E-state index in [1.54, 1.807) is 11.3 Å². The largest absolute Gasteiger partial charge is 0.389 e. The van der Waals surface area contributed by atoms with Crippen molar-refractivity contribution in [2.75, 3.05) is 31.7 Å². The van der Waals surface area contributed by atoms with E-state index in [2.05, 4.69) is 35.4 Å². The summed E-state index contributed by atoms with van der Waals surface area (Å²) in [6, 6.07) is 2.98. The molecule has 4 aromatic rings. The van der Waals surface area contributed by atoms with Crippen LogP contribution in [0.1, 0.15) is 78.8 Å². The van der Waals surface area contributed by atoms with E-state index in [-0.39, 0.29) is 11.5 Å². The van der Waals surface area contributed by atoms with Gasteiger partial charge < -0.3 is 20.5 Å². The number of nitrogens with two attached hydrogens (primary N) is 1. The van der Waals surface area contributed by atoms with E-state index in [0.29, 0.717) is 28.1 Å². The van der Waals surface area contributed by atoms with Crippen LogP contribution in [0.25, 0.3) is 22.6 Å². The summed E-state index contributed by atoms with van der Waals surface area (Å²) in [7, 11) is 4.06. The number of aryl methyl sites for hydroxylation is 1. The molecule has 3 N–H and O–H groups in total. The third-order valence-electron chi connectivity index (χ3n) is 9.28. The number of fused-ring (bicyclic) bond motifs is 5. The summed E-state index contributed by atoms with van der Waals surface area (Å²) in [6.07, 6.45) is 9.86. The molecule has 0 saturated carbocycles. The summed E-state index contributed by atoms with van der Waals surface area (Å²) in [5.41, 5.74) is 10.2. The van der Waals surface area contributed by atoms with Crippen molar-refractivity contribution < 1.29 is 4.52 Å². The number of thiophene rings is 1. The molecule has 7 rings (SSSR count). The highest BCUT2D eigenvalue weighted by Gasteiger charge is 2.48. The Kier molecular flexibility index (Phi) is 5.68. The van der Waals surface area contributed by atoms with Crippen LogP contribution in [-0.2, 0) is 18.3 Å². The minimum absolute atomic E-state index is 0.172. The lowest BCUT2D eigenvalue weighted by Gasteiger charge is -2.39. The first-order chi connectivity index (χ1) is 19.0. The highest BCUT2D eigenvalue weighted by Crippen LogP contribution is 2.55. The number of hydrogen-bond donors (Lipinski definition) is 2. The second-order valence-corrected chi connectivity index (χ2v) is 12.4. The monoisotopic (exact) mass is 543 g/mol. The Bertz CT molecular complexity index is 1620. The van der Waals surface area contributed by atoms with Crippen LogP contribution >= 0.6 is 11.3 Å². The van der Waals surface area contributed by atoms with Crippen molar-refractivity contribution in [1.82, 2.24) is 29.8 Å². The third kappa shape index (κ3) is 3.47. The van der Waals surface area contributed by atoms with Crippen molar-refractivity contribution in [2.45, 2.75) is 75.8 Å². The Morgan fingerprint density at radius 1 is 1.26 bits per heavy atom. The average Bonchev–Trinajstić information content (AvgIpc) is 3.72. The first-order valence-electron chi connectivity index (χ1n) is 13.9. The van der Waals surface area contributed by atoms with Gasteiger partial charge in [0.15, 0.2) is 22.9 Å². The third-order valence-corrected chi connectivity index (χ3v) is 10.4. The van der Waals surface area contributed by atoms with Gasteiger partial charge in [-0.25, -0.2) is 14.6 Å². The van der Waals surface area contributed by atoms with Crippen LogP contribution in [0.5, 0.6) is 0 Å². The molecule has 1 aliphatic heterocycles. The van der Waals surface area contributed by atoms with Gasteiger partial charge in [-0.15, -0.1) is 11.3 Å². The number of nitrogen functional groups attached to an aromatic ring is 1. The van der Waals surface area contributed by atoms with E-state index < -0.39 is 0 Å². The molecule has 4 aromatic heterocycles. The SMILES string of the molecule is CNc1nc(-c2noc3c2CCC[C@@]32CCCc3sc(N)c(C#N)c32)nc2c1cnn2[C@@H](C)[C@@H]1CCCN1C. The van der Waals surface area contributed by atoms with E-state index in [1.807, 2.05) is 17.9 Å². The van der Waals surface area contributed by atoms with Gasteiger partial charge in [0, 0.05) is 23.5 Å². The fourth-order valence-electron chi connectivity index (χ4n) is 7.45. The van der Waals surface area contributed by atoms with Crippen LogP contribution in [-0.4, -0.2) is 56.5 Å². The van der Waals surface area contributed by atoms with Crippen LogP contribution in [0.15, 0.2) is 10.7 Å². The average molecular weight is 544 g/mol. The molecule has 1 spiro atoms. The van der Waals surface area contributed by atoms with E-state index >= 15 is 0 Å². The molecule has 3 atom stereocenters. The van der Waals surface area contributed by atoms with Crippen LogP contribution in [0, 0.1) is 11.3 Å². The summed E-state index contributed by atoms with van der Waals surface area (Å²) >= 11 is 1.56. The van der Waals surface area contributed by atoms with Gasteiger partial charge in [0.1, 0.15) is 16.9 Å². The molecule has 2 aliphatic carbocycles. The van der Waals surface area contributed by atoms with Crippen molar-refractivity contribution in [3.63, 3.8) is 0 Å². The van der Waals surface area contributed by atoms with E-state index in [1.165, 1.54) is 11.3 Å². The van der Waals surface area contributed by atoms with E-state index in [0.717, 1.165) is 85.2 Å². The van der Waals surface area contributed by atoms with Gasteiger partial charge in [0.25, 0.3) is 0 Å². The number of rotatable bonds is 4. The van der Waals surface area contributed by atoms with Crippen LogP contribution in [0.2, 0.25) is 0 Å². The fourth-order valence-corrected chi connectivity index (χ4v) is 8.61. The number of hydrogen-bond acceptors (Lipinski definition) is 10. The second-order valence-electron chi connectivity index (χ2n) is 11.3. The lowest BCUT2D eigenvalue weighted by Crippen LogP contribution is -2.35. The Hall–Kier alpha value is -3.49. The maximum absolute atomic E-state index is 10.0. The molecule has 0 amide bonds. The summed E-state index contributed by atoms with van der Waals surface area (Å²) in [5.74, 6) is 2.14. The van der Waals surface area contributed by atoms with Crippen molar-refractivity contribution in [2.24, 2.45) is 0 Å². The van der Waals surface area contributed by atoms with Crippen LogP contribution in [0.3, 0.4) is 0 Å². The smallest absolute Gasteiger partial charge is 0.186 e. The molecule has 39 heavy (non-hydrogen) atoms. The van der Waals surface area contributed by atoms with Crippen molar-refractivity contribution in [3.8, 4) is 17.6 Å². The zero-order valence-corrected chi connectivity index (χ0v) is 23.4. The highest BCUT2D eigenvalue weighted by atomic mass is 32.1. The number of anilines is 2. The molecular weight excluding hydrogens is 510 g/mol. The van der Waals surface area contributed by atoms with Gasteiger partial charge in [0.05, 0.1) is 28.6 Å². The predicted molar refractivity (Wildman–Crippen MR) is 151 cm³/mol. The number of nitrogens with one attached hydrogen (secondary N) is 1. The van der Waals surface area contributed by atoms with Gasteiger partial charge in [-0.1, -0.05) is 5.16 Å². The number of nitriles is 1. The molecule has 5 heterocycles. The van der Waals surface area contributed by atoms with Gasteiger partial charge in [-0.2, -0.15) is 10.4 Å². The Morgan fingerprint density at radius 2 is 2.08 bits per heavy atom. The summed E-state index contributed by atoms with van der Waals surface area (Å²) in [4.78, 5) is 13.6. The predicted octanol–water partition coefficient (Wildman–Crippen LogP) is 4.65. The molecule has 0 radical (unpaired) electrons. The number of aromatic nitrogens is 5. The Balaban J connectivity index is 1.37. The zero-order chi connectivity index (χ0) is 26.9. The van der Waals surface area contributed by atoms with Gasteiger partial charge in [-0.3, -0.25) is 0 Å². The maximum atomic E-state index is 10.0. The lowest BCUT2D eigenvalue weighted by atomic mass is 9.63. The summed E-state index contributed by atoms with van der Waals surface area (Å²) < 4.78 is 8.26. The van der Waals surface area contributed by atoms with Gasteiger partial charge in [0.2, 0.25) is 0 Å². The van der Waals surface area contributed by atoms with Crippen molar-refractivity contribution in [3.05, 3.63) is 33.5 Å². The first kappa shape index (κ1) is 24.5. The van der Waals surface area contributed by atoms with Gasteiger partial charge >= 0.3 is 0 Å². The molecule has 0 unspecified atom stereocenters. The maximum Gasteiger partial charge on any atom is 0.186 e. The van der Waals surface area contributed by atoms with Crippen molar-refractivity contribution in [1.29, 1.82) is 5.26 Å². The number of likely N-dealkylation sites (tertiary alicyclic amines) is 1. The lowest BCUT2D eigenvalue weighted by molar-refractivity contribution is 0.232. The molecular formula is C28H33N9OS. The molecule has 1 saturated heterocycles. The highest BCUT2D eigenvalue weighted by molar-refractivity contribution is 7.16. The summed E-state index contributed by atoms with van der Waals surface area (Å²) in [6.45, 7) is 3.33. The second kappa shape index (κ2) is 9.03. The zero-order valence-electron chi connectivity index (χ0n) is 22.6. The minimum atomic E-state index is -0.370. The van der Waals surface area contributed by atoms with Gasteiger partial charge in [-0.05, 0) is 77.4 Å². The molecule has 202 valence electrons. The molecule has 11 heteroatoms.